The van der Waals surface area contributed by atoms with Gasteiger partial charge in [0.25, 0.3) is 0 Å². The third-order valence-corrected chi connectivity index (χ3v) is 3.35. The summed E-state index contributed by atoms with van der Waals surface area (Å²) in [6.45, 7) is 14.6. The molecular weight excluding hydrogens is 276 g/mol. The minimum atomic E-state index is 0.0244. The van der Waals surface area contributed by atoms with Crippen molar-refractivity contribution in [2.75, 3.05) is 19.6 Å². The van der Waals surface area contributed by atoms with Crippen LogP contribution < -0.4 is 16.0 Å². The quantitative estimate of drug-likeness (QED) is 0.330. The van der Waals surface area contributed by atoms with Crippen molar-refractivity contribution in [2.45, 2.75) is 66.8 Å². The van der Waals surface area contributed by atoms with Gasteiger partial charge in [-0.2, -0.15) is 0 Å². The van der Waals surface area contributed by atoms with E-state index < -0.39 is 0 Å². The number of carbonyl (C=O) groups excluding carboxylic acids is 1. The van der Waals surface area contributed by atoms with Crippen LogP contribution in [0, 0.1) is 11.8 Å². The summed E-state index contributed by atoms with van der Waals surface area (Å²) in [7, 11) is 0. The number of rotatable bonds is 10. The molecule has 0 spiro atoms. The van der Waals surface area contributed by atoms with Crippen LogP contribution in [-0.2, 0) is 4.79 Å². The van der Waals surface area contributed by atoms with Gasteiger partial charge in [-0.25, -0.2) is 0 Å². The molecule has 0 heterocycles. The second kappa shape index (κ2) is 12.3. The van der Waals surface area contributed by atoms with Gasteiger partial charge in [-0.15, -0.1) is 0 Å². The number of hydrogen-bond acceptors (Lipinski definition) is 2. The van der Waals surface area contributed by atoms with Crippen molar-refractivity contribution in [3.05, 3.63) is 0 Å². The number of amides is 1. The Labute approximate surface area is 136 Å². The molecule has 130 valence electrons. The molecular formula is C17H36N4O. The van der Waals surface area contributed by atoms with Crippen molar-refractivity contribution >= 4 is 11.9 Å². The maximum absolute atomic E-state index is 11.5. The van der Waals surface area contributed by atoms with Crippen LogP contribution in [0.15, 0.2) is 4.99 Å². The first kappa shape index (κ1) is 20.7. The smallest absolute Gasteiger partial charge is 0.222 e. The Morgan fingerprint density at radius 1 is 1.05 bits per heavy atom. The number of guanidine groups is 1. The normalized spacial score (nSPS) is 13.4. The molecule has 0 aromatic rings. The molecule has 22 heavy (non-hydrogen) atoms. The summed E-state index contributed by atoms with van der Waals surface area (Å²) in [6.07, 6.45) is 3.64. The van der Waals surface area contributed by atoms with E-state index in [-0.39, 0.29) is 11.8 Å². The average molecular weight is 313 g/mol. The second-order valence-corrected chi connectivity index (χ2v) is 6.58. The van der Waals surface area contributed by atoms with E-state index in [1.807, 2.05) is 13.8 Å². The van der Waals surface area contributed by atoms with E-state index in [4.69, 9.17) is 0 Å². The average Bonchev–Trinajstić information content (AvgIpc) is 2.42. The van der Waals surface area contributed by atoms with E-state index in [9.17, 15) is 4.79 Å². The zero-order chi connectivity index (χ0) is 17.0. The van der Waals surface area contributed by atoms with Crippen molar-refractivity contribution in [2.24, 2.45) is 16.8 Å². The van der Waals surface area contributed by atoms with Gasteiger partial charge in [0.15, 0.2) is 5.96 Å². The van der Waals surface area contributed by atoms with Crippen LogP contribution in [0.5, 0.6) is 0 Å². The molecule has 0 rings (SSSR count). The number of aliphatic imine (C=N–C) groups is 1. The Morgan fingerprint density at radius 3 is 2.27 bits per heavy atom. The molecule has 0 bridgehead atoms. The fourth-order valence-corrected chi connectivity index (χ4v) is 2.01. The lowest BCUT2D eigenvalue weighted by Crippen LogP contribution is -2.42. The molecule has 0 aromatic heterocycles. The molecule has 1 atom stereocenters. The summed E-state index contributed by atoms with van der Waals surface area (Å²) < 4.78 is 0. The minimum absolute atomic E-state index is 0.0244. The molecule has 0 saturated heterocycles. The van der Waals surface area contributed by atoms with Crippen LogP contribution in [0.2, 0.25) is 0 Å². The van der Waals surface area contributed by atoms with Gasteiger partial charge in [-0.05, 0) is 26.2 Å². The van der Waals surface area contributed by atoms with Gasteiger partial charge in [0.2, 0.25) is 5.91 Å². The number of nitrogens with one attached hydrogen (secondary N) is 3. The molecule has 0 aliphatic carbocycles. The van der Waals surface area contributed by atoms with Crippen LogP contribution in [0.25, 0.3) is 0 Å². The van der Waals surface area contributed by atoms with Gasteiger partial charge in [0, 0.05) is 25.0 Å². The zero-order valence-corrected chi connectivity index (χ0v) is 15.3. The lowest BCUT2D eigenvalue weighted by molar-refractivity contribution is -0.123. The highest BCUT2D eigenvalue weighted by molar-refractivity contribution is 5.80. The Balaban J connectivity index is 4.11. The highest BCUT2D eigenvalue weighted by atomic mass is 16.1. The maximum Gasteiger partial charge on any atom is 0.222 e. The Kier molecular flexibility index (Phi) is 11.6. The third kappa shape index (κ3) is 11.4. The second-order valence-electron chi connectivity index (χ2n) is 6.58. The SMILES string of the molecule is CCNC(=NCCNC(=O)C(C)C)NC(C)CCCC(C)C. The lowest BCUT2D eigenvalue weighted by Gasteiger charge is -2.18. The fraction of sp³-hybridized carbons (Fsp3) is 0.882. The molecule has 0 fully saturated rings. The molecule has 5 heteroatoms. The van der Waals surface area contributed by atoms with E-state index in [1.165, 1.54) is 12.8 Å². The first-order valence-corrected chi connectivity index (χ1v) is 8.69. The number of carbonyl (C=O) groups is 1. The molecule has 0 aliphatic rings. The van der Waals surface area contributed by atoms with Crippen molar-refractivity contribution in [3.63, 3.8) is 0 Å². The van der Waals surface area contributed by atoms with Crippen molar-refractivity contribution < 1.29 is 4.79 Å². The first-order chi connectivity index (χ1) is 10.4. The van der Waals surface area contributed by atoms with Crippen molar-refractivity contribution in [3.8, 4) is 0 Å². The van der Waals surface area contributed by atoms with E-state index >= 15 is 0 Å². The van der Waals surface area contributed by atoms with E-state index in [2.05, 4.69) is 48.6 Å². The van der Waals surface area contributed by atoms with Crippen LogP contribution in [0.4, 0.5) is 0 Å². The zero-order valence-electron chi connectivity index (χ0n) is 15.3. The van der Waals surface area contributed by atoms with E-state index in [0.29, 0.717) is 19.1 Å². The molecule has 0 radical (unpaired) electrons. The number of nitrogens with zero attached hydrogens (tertiary/aromatic N) is 1. The van der Waals surface area contributed by atoms with Gasteiger partial charge in [0.05, 0.1) is 6.54 Å². The molecule has 0 saturated carbocycles. The topological polar surface area (TPSA) is 65.5 Å². The van der Waals surface area contributed by atoms with Crippen LogP contribution in [-0.4, -0.2) is 37.5 Å². The van der Waals surface area contributed by atoms with Crippen LogP contribution in [0.1, 0.15) is 60.8 Å². The third-order valence-electron chi connectivity index (χ3n) is 3.35. The van der Waals surface area contributed by atoms with Crippen LogP contribution >= 0.6 is 0 Å². The fourth-order valence-electron chi connectivity index (χ4n) is 2.01. The summed E-state index contributed by atoms with van der Waals surface area (Å²) in [5, 5.41) is 9.56. The largest absolute Gasteiger partial charge is 0.357 e. The number of hydrogen-bond donors (Lipinski definition) is 3. The summed E-state index contributed by atoms with van der Waals surface area (Å²) in [5.41, 5.74) is 0. The van der Waals surface area contributed by atoms with Gasteiger partial charge in [-0.1, -0.05) is 40.5 Å². The molecule has 1 unspecified atom stereocenters. The highest BCUT2D eigenvalue weighted by Crippen LogP contribution is 2.08. The molecule has 1 amide bonds. The van der Waals surface area contributed by atoms with Crippen molar-refractivity contribution in [1.29, 1.82) is 0 Å². The Bertz CT molecular complexity index is 327. The minimum Gasteiger partial charge on any atom is -0.357 e. The van der Waals surface area contributed by atoms with E-state index in [1.54, 1.807) is 0 Å². The van der Waals surface area contributed by atoms with E-state index in [0.717, 1.165) is 24.8 Å². The standard InChI is InChI=1S/C17H36N4O/c1-7-18-17(20-12-11-19-16(22)14(4)5)21-15(6)10-8-9-13(2)3/h13-15H,7-12H2,1-6H3,(H,19,22)(H2,18,20,21). The highest BCUT2D eigenvalue weighted by Gasteiger charge is 2.07. The Hall–Kier alpha value is -1.26. The van der Waals surface area contributed by atoms with Crippen molar-refractivity contribution in [1.82, 2.24) is 16.0 Å². The molecule has 5 nitrogen and oxygen atoms in total. The predicted molar refractivity (Wildman–Crippen MR) is 95.1 cm³/mol. The van der Waals surface area contributed by atoms with Gasteiger partial charge in [0.1, 0.15) is 0 Å². The predicted octanol–water partition coefficient (Wildman–Crippen LogP) is 2.53. The van der Waals surface area contributed by atoms with Crippen LogP contribution in [0.3, 0.4) is 0 Å². The van der Waals surface area contributed by atoms with Gasteiger partial charge >= 0.3 is 0 Å². The Morgan fingerprint density at radius 2 is 1.73 bits per heavy atom. The summed E-state index contributed by atoms with van der Waals surface area (Å²) in [4.78, 5) is 16.0. The lowest BCUT2D eigenvalue weighted by atomic mass is 10.0. The monoisotopic (exact) mass is 312 g/mol. The molecule has 0 aliphatic heterocycles. The summed E-state index contributed by atoms with van der Waals surface area (Å²) >= 11 is 0. The summed E-state index contributed by atoms with van der Waals surface area (Å²) in [6, 6.07) is 0.404. The van der Waals surface area contributed by atoms with Gasteiger partial charge < -0.3 is 16.0 Å². The summed E-state index contributed by atoms with van der Waals surface area (Å²) in [5.74, 6) is 1.70. The molecule has 0 aromatic carbocycles. The van der Waals surface area contributed by atoms with Gasteiger partial charge in [-0.3, -0.25) is 9.79 Å². The maximum atomic E-state index is 11.5. The first-order valence-electron chi connectivity index (χ1n) is 8.69. The molecule has 3 N–H and O–H groups in total.